The lowest BCUT2D eigenvalue weighted by Crippen LogP contribution is -2.43. The lowest BCUT2D eigenvalue weighted by Gasteiger charge is -2.39. The molecule has 2 bridgehead atoms. The van der Waals surface area contributed by atoms with Crippen molar-refractivity contribution in [2.45, 2.75) is 57.2 Å². The molecule has 0 radical (unpaired) electrons. The summed E-state index contributed by atoms with van der Waals surface area (Å²) in [5.41, 5.74) is 6.05. The maximum atomic E-state index is 5.34. The largest absolute Gasteiger partial charge is 0.383 e. The number of aromatic nitrogens is 5. The van der Waals surface area contributed by atoms with E-state index in [9.17, 15) is 0 Å². The first-order chi connectivity index (χ1) is 18.7. The molecule has 4 aromatic rings. The van der Waals surface area contributed by atoms with Crippen LogP contribution in [0.15, 0.2) is 67.3 Å². The fourth-order valence-electron chi connectivity index (χ4n) is 6.13. The van der Waals surface area contributed by atoms with Gasteiger partial charge in [0.15, 0.2) is 0 Å². The number of aryl methyl sites for hydroxylation is 1. The number of anilines is 2. The highest BCUT2D eigenvalue weighted by Gasteiger charge is 2.40. The molecule has 2 fully saturated rings. The molecule has 0 saturated carbocycles. The minimum absolute atomic E-state index is 0. The molecule has 2 aliphatic heterocycles. The van der Waals surface area contributed by atoms with Crippen molar-refractivity contribution in [3.63, 3.8) is 0 Å². The van der Waals surface area contributed by atoms with Crippen LogP contribution in [-0.2, 0) is 11.3 Å². The Morgan fingerprint density at radius 3 is 2.58 bits per heavy atom. The number of nitrogens with zero attached hydrogens (tertiary/aromatic N) is 6. The maximum Gasteiger partial charge on any atom is 0.227 e. The van der Waals surface area contributed by atoms with Crippen LogP contribution in [-0.4, -0.2) is 62.0 Å². The summed E-state index contributed by atoms with van der Waals surface area (Å²) in [5.74, 6) is 1.20. The van der Waals surface area contributed by atoms with Gasteiger partial charge in [-0.1, -0.05) is 12.1 Å². The van der Waals surface area contributed by atoms with Crippen LogP contribution >= 0.6 is 0 Å². The monoisotopic (exact) mass is 511 g/mol. The predicted octanol–water partition coefficient (Wildman–Crippen LogP) is 5.77. The highest BCUT2D eigenvalue weighted by Crippen LogP contribution is 2.43. The molecule has 2 saturated heterocycles. The van der Waals surface area contributed by atoms with E-state index in [0.29, 0.717) is 23.9 Å². The summed E-state index contributed by atoms with van der Waals surface area (Å²) in [5, 5.41) is 8.16. The van der Waals surface area contributed by atoms with E-state index < -0.39 is 0 Å². The second-order valence-electron chi connectivity index (χ2n) is 10.3. The van der Waals surface area contributed by atoms with Crippen LogP contribution in [0.25, 0.3) is 22.5 Å². The first-order valence-electron chi connectivity index (χ1n) is 13.6. The van der Waals surface area contributed by atoms with Crippen LogP contribution in [0.5, 0.6) is 0 Å². The molecule has 3 aromatic heterocycles. The minimum Gasteiger partial charge on any atom is -0.383 e. The van der Waals surface area contributed by atoms with E-state index in [1.165, 1.54) is 31.2 Å². The Labute approximate surface area is 225 Å². The Bertz CT molecular complexity index is 1350. The van der Waals surface area contributed by atoms with Crippen LogP contribution in [0.1, 0.15) is 45.5 Å². The first-order valence-corrected chi connectivity index (χ1v) is 13.6. The van der Waals surface area contributed by atoms with Gasteiger partial charge in [0.1, 0.15) is 5.69 Å². The molecule has 5 heterocycles. The smallest absolute Gasteiger partial charge is 0.227 e. The van der Waals surface area contributed by atoms with Crippen molar-refractivity contribution in [3.8, 4) is 22.5 Å². The molecule has 1 N–H and O–H groups in total. The minimum atomic E-state index is 0. The van der Waals surface area contributed by atoms with Crippen molar-refractivity contribution in [2.75, 3.05) is 25.6 Å². The number of benzene rings is 1. The van der Waals surface area contributed by atoms with Gasteiger partial charge in [0.25, 0.3) is 0 Å². The van der Waals surface area contributed by atoms with E-state index in [-0.39, 0.29) is 1.43 Å². The van der Waals surface area contributed by atoms with Gasteiger partial charge in [-0.15, -0.1) is 0 Å². The third-order valence-electron chi connectivity index (χ3n) is 8.03. The van der Waals surface area contributed by atoms with Crippen LogP contribution < -0.4 is 5.32 Å². The van der Waals surface area contributed by atoms with Crippen molar-refractivity contribution in [3.05, 3.63) is 72.8 Å². The van der Waals surface area contributed by atoms with Gasteiger partial charge in [0.2, 0.25) is 5.95 Å². The number of fused-ring (bicyclic) bond motifs is 2. The highest BCUT2D eigenvalue weighted by molar-refractivity contribution is 5.78. The Balaban J connectivity index is 0.00000308. The van der Waals surface area contributed by atoms with Gasteiger partial charge >= 0.3 is 0 Å². The lowest BCUT2D eigenvalue weighted by molar-refractivity contribution is 0.0830. The van der Waals surface area contributed by atoms with Crippen molar-refractivity contribution < 1.29 is 6.16 Å². The molecule has 0 spiro atoms. The van der Waals surface area contributed by atoms with Crippen molar-refractivity contribution in [1.82, 2.24) is 29.6 Å². The standard InChI is InChI=1S/C30H35N7O.H2/c1-3-36-20-27(29(35-36)22-5-4-13-31-19-22)28-12-14-32-30(34-28)33-24-8-6-21(7-9-24)23-17-25-10-11-26(18-23)37(25)15-16-38-2;/h4-9,12-14,19-20,23,25-26H,3,10-11,15-18H2,1-2H3,(H,32,33,34);1H. The van der Waals surface area contributed by atoms with E-state index in [2.05, 4.69) is 51.4 Å². The van der Waals surface area contributed by atoms with Gasteiger partial charge < -0.3 is 10.1 Å². The maximum absolute atomic E-state index is 5.34. The second kappa shape index (κ2) is 11.0. The van der Waals surface area contributed by atoms with E-state index in [1.54, 1.807) is 19.5 Å². The molecular formula is C30H37N7O. The lowest BCUT2D eigenvalue weighted by atomic mass is 9.85. The molecule has 0 amide bonds. The number of nitrogens with one attached hydrogen (secondary N) is 1. The number of methoxy groups -OCH3 is 1. The predicted molar refractivity (Wildman–Crippen MR) is 151 cm³/mol. The van der Waals surface area contributed by atoms with Crippen molar-refractivity contribution in [1.29, 1.82) is 0 Å². The summed E-state index contributed by atoms with van der Waals surface area (Å²) in [6, 6.07) is 16.1. The topological polar surface area (TPSA) is 81.0 Å². The molecule has 8 nitrogen and oxygen atoms in total. The zero-order valence-corrected chi connectivity index (χ0v) is 22.1. The Kier molecular flexibility index (Phi) is 7.16. The quantitative estimate of drug-likeness (QED) is 0.306. The number of piperidine rings is 1. The van der Waals surface area contributed by atoms with Crippen LogP contribution in [0.2, 0.25) is 0 Å². The Morgan fingerprint density at radius 1 is 1.05 bits per heavy atom. The number of ether oxygens (including phenoxy) is 1. The molecule has 8 heteroatoms. The average Bonchev–Trinajstić information content (AvgIpc) is 3.50. The molecule has 2 aliphatic rings. The fourth-order valence-corrected chi connectivity index (χ4v) is 6.13. The van der Waals surface area contributed by atoms with E-state index in [1.807, 2.05) is 35.3 Å². The van der Waals surface area contributed by atoms with Crippen molar-refractivity contribution >= 4 is 11.6 Å². The second-order valence-corrected chi connectivity index (χ2v) is 10.3. The molecule has 38 heavy (non-hydrogen) atoms. The zero-order valence-electron chi connectivity index (χ0n) is 22.1. The first kappa shape index (κ1) is 24.7. The van der Waals surface area contributed by atoms with Gasteiger partial charge in [0, 0.05) is 75.3 Å². The van der Waals surface area contributed by atoms with E-state index in [0.717, 1.165) is 47.9 Å². The summed E-state index contributed by atoms with van der Waals surface area (Å²) in [4.78, 5) is 16.3. The molecule has 1 aromatic carbocycles. The van der Waals surface area contributed by atoms with Gasteiger partial charge in [-0.2, -0.15) is 5.10 Å². The summed E-state index contributed by atoms with van der Waals surface area (Å²) in [6.07, 6.45) is 12.6. The Morgan fingerprint density at radius 2 is 1.87 bits per heavy atom. The Hall–Kier alpha value is -3.62. The van der Waals surface area contributed by atoms with Crippen LogP contribution in [0.4, 0.5) is 11.6 Å². The van der Waals surface area contributed by atoms with Crippen LogP contribution in [0.3, 0.4) is 0 Å². The molecule has 0 aliphatic carbocycles. The summed E-state index contributed by atoms with van der Waals surface area (Å²) >= 11 is 0. The van der Waals surface area contributed by atoms with Crippen LogP contribution in [0, 0.1) is 0 Å². The molecule has 6 rings (SSSR count). The zero-order chi connectivity index (χ0) is 25.9. The summed E-state index contributed by atoms with van der Waals surface area (Å²) in [6.45, 7) is 4.75. The van der Waals surface area contributed by atoms with Gasteiger partial charge in [0.05, 0.1) is 12.3 Å². The molecule has 198 valence electrons. The molecule has 2 atom stereocenters. The van der Waals surface area contributed by atoms with Gasteiger partial charge in [-0.3, -0.25) is 14.6 Å². The van der Waals surface area contributed by atoms with Gasteiger partial charge in [-0.25, -0.2) is 9.97 Å². The molecular weight excluding hydrogens is 474 g/mol. The van der Waals surface area contributed by atoms with E-state index >= 15 is 0 Å². The normalized spacial score (nSPS) is 21.1. The SMILES string of the molecule is CCn1cc(-c2ccnc(Nc3ccc(C4CC5CCC(C4)N5CCOC)cc3)n2)c(-c2cccnc2)n1.[HH]. The highest BCUT2D eigenvalue weighted by atomic mass is 16.5. The number of hydrogen-bond acceptors (Lipinski definition) is 7. The number of rotatable bonds is 9. The molecule has 2 unspecified atom stereocenters. The van der Waals surface area contributed by atoms with Crippen molar-refractivity contribution in [2.24, 2.45) is 0 Å². The summed E-state index contributed by atoms with van der Waals surface area (Å²) in [7, 11) is 1.80. The summed E-state index contributed by atoms with van der Waals surface area (Å²) < 4.78 is 7.27. The fraction of sp³-hybridized carbons (Fsp3) is 0.400. The number of pyridine rings is 1. The van der Waals surface area contributed by atoms with E-state index in [4.69, 9.17) is 14.8 Å². The third-order valence-corrected chi connectivity index (χ3v) is 8.03. The average molecular weight is 512 g/mol. The number of hydrogen-bond donors (Lipinski definition) is 1. The third kappa shape index (κ3) is 5.06. The van der Waals surface area contributed by atoms with Gasteiger partial charge in [-0.05, 0) is 74.4 Å².